The van der Waals surface area contributed by atoms with Crippen LogP contribution in [0.5, 0.6) is 0 Å². The number of carboxylic acids is 3. The van der Waals surface area contributed by atoms with E-state index in [0.29, 0.717) is 32.6 Å². The summed E-state index contributed by atoms with van der Waals surface area (Å²) in [7, 11) is 0. The van der Waals surface area contributed by atoms with Gasteiger partial charge in [-0.05, 0) is 0 Å². The number of ether oxygens (including phenoxy) is 1. The number of rotatable bonds is 16. The summed E-state index contributed by atoms with van der Waals surface area (Å²) in [5.74, 6) is -3.55. The number of carboxylic acid groups (broad SMARTS) is 3. The molecule has 0 aliphatic carbocycles. The van der Waals surface area contributed by atoms with Crippen LogP contribution in [-0.4, -0.2) is 150 Å². The number of hydrogen-bond acceptors (Lipinski definition) is 9. The number of carbonyl (C=O) groups is 5. The number of aldehydes is 1. The molecule has 0 spiro atoms. The molecule has 0 unspecified atom stereocenters. The first-order valence-corrected chi connectivity index (χ1v) is 9.82. The van der Waals surface area contributed by atoms with Crippen LogP contribution >= 0.6 is 0 Å². The highest BCUT2D eigenvalue weighted by atomic mass is 16.5. The fraction of sp³-hybridized carbons (Fsp3) is 0.722. The van der Waals surface area contributed by atoms with Crippen LogP contribution in [0.25, 0.3) is 0 Å². The van der Waals surface area contributed by atoms with E-state index < -0.39 is 17.9 Å². The molecule has 1 saturated heterocycles. The summed E-state index contributed by atoms with van der Waals surface area (Å²) in [6, 6.07) is 0. The third-order valence-electron chi connectivity index (χ3n) is 4.60. The Bertz CT molecular complexity index is 625. The molecule has 0 aromatic rings. The van der Waals surface area contributed by atoms with E-state index >= 15 is 0 Å². The Balaban J connectivity index is 2.67. The molecule has 1 rings (SSSR count). The van der Waals surface area contributed by atoms with Crippen molar-refractivity contribution in [3.8, 4) is 0 Å². The van der Waals surface area contributed by atoms with E-state index in [0.717, 1.165) is 0 Å². The lowest BCUT2D eigenvalue weighted by atomic mass is 10.3. The van der Waals surface area contributed by atoms with Gasteiger partial charge in [0, 0.05) is 39.3 Å². The van der Waals surface area contributed by atoms with Crippen molar-refractivity contribution in [3.63, 3.8) is 0 Å². The van der Waals surface area contributed by atoms with E-state index in [9.17, 15) is 24.0 Å². The van der Waals surface area contributed by atoms with E-state index in [-0.39, 0.29) is 64.8 Å². The molecular formula is C18H30N4O9. The maximum absolute atomic E-state index is 12.4. The Kier molecular flexibility index (Phi) is 12.3. The van der Waals surface area contributed by atoms with Crippen LogP contribution in [0.1, 0.15) is 0 Å². The maximum atomic E-state index is 12.4. The monoisotopic (exact) mass is 446 g/mol. The van der Waals surface area contributed by atoms with Crippen LogP contribution in [0.2, 0.25) is 0 Å². The van der Waals surface area contributed by atoms with Crippen LogP contribution < -0.4 is 0 Å². The first-order chi connectivity index (χ1) is 14.7. The van der Waals surface area contributed by atoms with Crippen molar-refractivity contribution in [1.82, 2.24) is 19.6 Å². The molecule has 13 nitrogen and oxygen atoms in total. The quantitative estimate of drug-likeness (QED) is 0.209. The molecule has 0 aromatic heterocycles. The summed E-state index contributed by atoms with van der Waals surface area (Å²) in [6.07, 6.45) is 0.566. The fourth-order valence-corrected chi connectivity index (χ4v) is 3.07. The van der Waals surface area contributed by atoms with Gasteiger partial charge < -0.3 is 29.8 Å². The van der Waals surface area contributed by atoms with Crippen LogP contribution in [-0.2, 0) is 28.7 Å². The van der Waals surface area contributed by atoms with Gasteiger partial charge in [-0.2, -0.15) is 0 Å². The summed E-state index contributed by atoms with van der Waals surface area (Å²) in [5, 5.41) is 27.2. The Morgan fingerprint density at radius 1 is 0.742 bits per heavy atom. The number of aliphatic carboxylic acids is 3. The predicted octanol–water partition coefficient (Wildman–Crippen LogP) is -2.80. The molecule has 0 aromatic carbocycles. The van der Waals surface area contributed by atoms with Crippen molar-refractivity contribution >= 4 is 30.1 Å². The lowest BCUT2D eigenvalue weighted by Crippen LogP contribution is -2.49. The summed E-state index contributed by atoms with van der Waals surface area (Å²) in [5.41, 5.74) is 0. The normalized spacial score (nSPS) is 14.2. The largest absolute Gasteiger partial charge is 0.480 e. The zero-order valence-electron chi connectivity index (χ0n) is 17.3. The number of morpholine rings is 1. The van der Waals surface area contributed by atoms with Crippen LogP contribution in [0.15, 0.2) is 0 Å². The van der Waals surface area contributed by atoms with Crippen molar-refractivity contribution in [2.45, 2.75) is 0 Å². The zero-order chi connectivity index (χ0) is 23.2. The third-order valence-corrected chi connectivity index (χ3v) is 4.60. The fourth-order valence-electron chi connectivity index (χ4n) is 3.07. The molecule has 1 aliphatic heterocycles. The number of carbonyl (C=O) groups excluding carboxylic acids is 2. The second kappa shape index (κ2) is 14.4. The van der Waals surface area contributed by atoms with Crippen LogP contribution in [0.4, 0.5) is 0 Å². The second-order valence-corrected chi connectivity index (χ2v) is 7.06. The summed E-state index contributed by atoms with van der Waals surface area (Å²) in [6.45, 7) is 0.968. The minimum absolute atomic E-state index is 0.105. The first-order valence-electron chi connectivity index (χ1n) is 9.82. The van der Waals surface area contributed by atoms with E-state index in [1.807, 2.05) is 0 Å². The summed E-state index contributed by atoms with van der Waals surface area (Å²) >= 11 is 0. The highest BCUT2D eigenvalue weighted by molar-refractivity contribution is 5.79. The average molecular weight is 446 g/mol. The van der Waals surface area contributed by atoms with Crippen molar-refractivity contribution in [3.05, 3.63) is 0 Å². The summed E-state index contributed by atoms with van der Waals surface area (Å²) < 4.78 is 5.20. The minimum atomic E-state index is -1.11. The van der Waals surface area contributed by atoms with Crippen molar-refractivity contribution < 1.29 is 44.0 Å². The highest BCUT2D eigenvalue weighted by Crippen LogP contribution is 2.01. The maximum Gasteiger partial charge on any atom is 0.317 e. The molecule has 176 valence electrons. The van der Waals surface area contributed by atoms with Gasteiger partial charge >= 0.3 is 17.9 Å². The van der Waals surface area contributed by atoms with E-state index in [4.69, 9.17) is 20.1 Å². The van der Waals surface area contributed by atoms with Gasteiger partial charge in [0.2, 0.25) is 5.91 Å². The Morgan fingerprint density at radius 2 is 1.19 bits per heavy atom. The average Bonchev–Trinajstić information content (AvgIpc) is 2.69. The molecule has 3 N–H and O–H groups in total. The molecule has 13 heteroatoms. The van der Waals surface area contributed by atoms with E-state index in [1.54, 1.807) is 4.90 Å². The van der Waals surface area contributed by atoms with Gasteiger partial charge in [0.25, 0.3) is 0 Å². The van der Waals surface area contributed by atoms with Gasteiger partial charge in [-0.25, -0.2) is 0 Å². The highest BCUT2D eigenvalue weighted by Gasteiger charge is 2.22. The van der Waals surface area contributed by atoms with Gasteiger partial charge in [-0.1, -0.05) is 0 Å². The van der Waals surface area contributed by atoms with Gasteiger partial charge in [-0.3, -0.25) is 33.9 Å². The molecule has 0 atom stereocenters. The Labute approximate surface area is 179 Å². The lowest BCUT2D eigenvalue weighted by Gasteiger charge is -2.31. The standard InChI is InChI=1S/C18H30N4O9/c23-8-5-20(13-17(27)28)2-1-19(12-16(25)26)3-4-21(14-18(29)30)11-15(24)22-6-9-31-10-7-22/h8H,1-7,9-14H2,(H,25,26)(H,27,28)(H,29,30). The molecular weight excluding hydrogens is 416 g/mol. The van der Waals surface area contributed by atoms with Crippen molar-refractivity contribution in [1.29, 1.82) is 0 Å². The number of amides is 1. The van der Waals surface area contributed by atoms with Crippen LogP contribution in [0, 0.1) is 0 Å². The minimum Gasteiger partial charge on any atom is -0.480 e. The molecule has 0 radical (unpaired) electrons. The smallest absolute Gasteiger partial charge is 0.317 e. The van der Waals surface area contributed by atoms with Gasteiger partial charge in [-0.15, -0.1) is 0 Å². The van der Waals surface area contributed by atoms with Gasteiger partial charge in [0.1, 0.15) is 6.29 Å². The second-order valence-electron chi connectivity index (χ2n) is 7.06. The zero-order valence-corrected chi connectivity index (χ0v) is 17.3. The predicted molar refractivity (Wildman–Crippen MR) is 106 cm³/mol. The van der Waals surface area contributed by atoms with Gasteiger partial charge in [0.05, 0.1) is 45.9 Å². The van der Waals surface area contributed by atoms with Crippen LogP contribution in [0.3, 0.4) is 0 Å². The molecule has 1 fully saturated rings. The number of nitrogens with zero attached hydrogens (tertiary/aromatic N) is 4. The Morgan fingerprint density at radius 3 is 1.71 bits per heavy atom. The molecule has 31 heavy (non-hydrogen) atoms. The molecule has 1 heterocycles. The molecule has 1 aliphatic rings. The lowest BCUT2D eigenvalue weighted by molar-refractivity contribution is -0.142. The topological polar surface area (TPSA) is 168 Å². The molecule has 0 saturated carbocycles. The van der Waals surface area contributed by atoms with E-state index in [2.05, 4.69) is 0 Å². The molecule has 1 amide bonds. The third kappa shape index (κ3) is 12.0. The van der Waals surface area contributed by atoms with Crippen molar-refractivity contribution in [2.24, 2.45) is 0 Å². The van der Waals surface area contributed by atoms with Crippen molar-refractivity contribution in [2.75, 3.05) is 85.2 Å². The molecule has 0 bridgehead atoms. The SMILES string of the molecule is O=CCN(CCN(CCN(CC(=O)O)CC(=O)N1CCOCC1)CC(=O)O)CC(=O)O. The Hall–Kier alpha value is -2.61. The summed E-state index contributed by atoms with van der Waals surface area (Å²) in [4.78, 5) is 62.3. The first kappa shape index (κ1) is 26.4. The van der Waals surface area contributed by atoms with Gasteiger partial charge in [0.15, 0.2) is 0 Å². The number of hydrogen-bond donors (Lipinski definition) is 3. The van der Waals surface area contributed by atoms with E-state index in [1.165, 1.54) is 14.7 Å².